The number of amides is 2. The van der Waals surface area contributed by atoms with E-state index < -0.39 is 18.0 Å². The van der Waals surface area contributed by atoms with Gasteiger partial charge in [-0.1, -0.05) is 0 Å². The molecule has 0 saturated carbocycles. The van der Waals surface area contributed by atoms with Crippen LogP contribution in [0.4, 0.5) is 10.5 Å². The van der Waals surface area contributed by atoms with Crippen molar-refractivity contribution in [2.45, 2.75) is 6.92 Å². The average Bonchev–Trinajstić information content (AvgIpc) is 2.45. The van der Waals surface area contributed by atoms with Crippen molar-refractivity contribution in [3.8, 4) is 0 Å². The van der Waals surface area contributed by atoms with Gasteiger partial charge in [0.05, 0.1) is 19.3 Å². The van der Waals surface area contributed by atoms with Gasteiger partial charge >= 0.3 is 18.0 Å². The van der Waals surface area contributed by atoms with Crippen LogP contribution in [-0.2, 0) is 14.3 Å². The van der Waals surface area contributed by atoms with Crippen molar-refractivity contribution < 1.29 is 23.9 Å². The van der Waals surface area contributed by atoms with Gasteiger partial charge in [-0.2, -0.15) is 0 Å². The van der Waals surface area contributed by atoms with E-state index in [0.29, 0.717) is 11.3 Å². The molecule has 1 aromatic carbocycles. The minimum atomic E-state index is -0.538. The minimum Gasteiger partial charge on any atom is -0.465 e. The zero-order valence-electron chi connectivity index (χ0n) is 11.3. The molecule has 0 saturated heterocycles. The van der Waals surface area contributed by atoms with Gasteiger partial charge in [-0.15, -0.1) is 0 Å². The first-order valence-electron chi connectivity index (χ1n) is 5.95. The summed E-state index contributed by atoms with van der Waals surface area (Å²) in [4.78, 5) is 33.7. The molecule has 108 valence electrons. The molecule has 0 unspecified atom stereocenters. The summed E-state index contributed by atoms with van der Waals surface area (Å²) in [5.74, 6) is -0.966. The third kappa shape index (κ3) is 4.97. The number of nitrogens with one attached hydrogen (secondary N) is 2. The van der Waals surface area contributed by atoms with Crippen molar-refractivity contribution in [3.63, 3.8) is 0 Å². The Morgan fingerprint density at radius 2 is 1.80 bits per heavy atom. The summed E-state index contributed by atoms with van der Waals surface area (Å²) in [7, 11) is 1.29. The highest BCUT2D eigenvalue weighted by Gasteiger charge is 2.07. The zero-order chi connectivity index (χ0) is 15.0. The molecular formula is C13H16N2O5. The summed E-state index contributed by atoms with van der Waals surface area (Å²) in [6.07, 6.45) is 0. The molecule has 0 bridgehead atoms. The molecule has 0 spiro atoms. The summed E-state index contributed by atoms with van der Waals surface area (Å²) in [5, 5.41) is 4.86. The van der Waals surface area contributed by atoms with Gasteiger partial charge in [0, 0.05) is 5.69 Å². The quantitative estimate of drug-likeness (QED) is 0.789. The zero-order valence-corrected chi connectivity index (χ0v) is 11.3. The monoisotopic (exact) mass is 280 g/mol. The van der Waals surface area contributed by atoms with E-state index in [1.165, 1.54) is 19.2 Å². The van der Waals surface area contributed by atoms with Crippen molar-refractivity contribution >= 4 is 23.7 Å². The molecule has 0 radical (unpaired) electrons. The van der Waals surface area contributed by atoms with E-state index in [1.807, 2.05) is 0 Å². The molecule has 0 heterocycles. The van der Waals surface area contributed by atoms with Crippen molar-refractivity contribution in [1.82, 2.24) is 5.32 Å². The van der Waals surface area contributed by atoms with E-state index in [4.69, 9.17) is 0 Å². The molecule has 0 fully saturated rings. The van der Waals surface area contributed by atoms with Gasteiger partial charge in [-0.3, -0.25) is 4.79 Å². The number of urea groups is 1. The average molecular weight is 280 g/mol. The summed E-state index contributed by atoms with van der Waals surface area (Å²) in [5.41, 5.74) is 0.865. The number of benzene rings is 1. The minimum absolute atomic E-state index is 0.208. The number of hydrogen-bond acceptors (Lipinski definition) is 5. The van der Waals surface area contributed by atoms with Gasteiger partial charge in [0.25, 0.3) is 0 Å². The molecule has 0 aromatic heterocycles. The molecule has 0 aliphatic carbocycles. The van der Waals surface area contributed by atoms with Gasteiger partial charge in [0.15, 0.2) is 0 Å². The van der Waals surface area contributed by atoms with Gasteiger partial charge < -0.3 is 20.1 Å². The maximum Gasteiger partial charge on any atom is 0.337 e. The molecule has 0 atom stereocenters. The van der Waals surface area contributed by atoms with E-state index in [2.05, 4.69) is 20.1 Å². The van der Waals surface area contributed by atoms with Crippen LogP contribution in [0.1, 0.15) is 17.3 Å². The van der Waals surface area contributed by atoms with Crippen molar-refractivity contribution in [1.29, 1.82) is 0 Å². The number of carbonyl (C=O) groups is 3. The number of ether oxygens (including phenoxy) is 2. The Hall–Kier alpha value is -2.57. The van der Waals surface area contributed by atoms with Crippen LogP contribution < -0.4 is 10.6 Å². The maximum absolute atomic E-state index is 11.5. The van der Waals surface area contributed by atoms with Gasteiger partial charge in [-0.25, -0.2) is 9.59 Å². The normalized spacial score (nSPS) is 9.50. The predicted octanol–water partition coefficient (Wildman–Crippen LogP) is 1.16. The fourth-order valence-electron chi connectivity index (χ4n) is 1.35. The Bertz CT molecular complexity index is 484. The lowest BCUT2D eigenvalue weighted by Gasteiger charge is -2.07. The second-order valence-corrected chi connectivity index (χ2v) is 3.68. The molecule has 0 aliphatic heterocycles. The van der Waals surface area contributed by atoms with Gasteiger partial charge in [0.2, 0.25) is 0 Å². The largest absolute Gasteiger partial charge is 0.465 e. The van der Waals surface area contributed by atoms with E-state index in [9.17, 15) is 14.4 Å². The molecule has 1 rings (SSSR count). The van der Waals surface area contributed by atoms with Crippen molar-refractivity contribution in [2.75, 3.05) is 25.6 Å². The smallest absolute Gasteiger partial charge is 0.337 e. The highest BCUT2D eigenvalue weighted by Crippen LogP contribution is 2.10. The Morgan fingerprint density at radius 3 is 2.35 bits per heavy atom. The maximum atomic E-state index is 11.5. The second kappa shape index (κ2) is 7.78. The van der Waals surface area contributed by atoms with E-state index in [-0.39, 0.29) is 13.2 Å². The highest BCUT2D eigenvalue weighted by atomic mass is 16.5. The first-order chi connectivity index (χ1) is 9.56. The van der Waals surface area contributed by atoms with Crippen molar-refractivity contribution in [2.24, 2.45) is 0 Å². The third-order valence-electron chi connectivity index (χ3n) is 2.26. The van der Waals surface area contributed by atoms with E-state index in [1.54, 1.807) is 19.1 Å². The molecule has 20 heavy (non-hydrogen) atoms. The summed E-state index contributed by atoms with van der Waals surface area (Å²) in [6, 6.07) is 5.61. The number of anilines is 1. The lowest BCUT2D eigenvalue weighted by molar-refractivity contribution is -0.141. The number of esters is 2. The third-order valence-corrected chi connectivity index (χ3v) is 2.26. The van der Waals surface area contributed by atoms with Crippen LogP contribution in [0.2, 0.25) is 0 Å². The summed E-state index contributed by atoms with van der Waals surface area (Å²) < 4.78 is 9.22. The van der Waals surface area contributed by atoms with Crippen LogP contribution in [0, 0.1) is 0 Å². The lowest BCUT2D eigenvalue weighted by atomic mass is 10.2. The van der Waals surface area contributed by atoms with Crippen LogP contribution in [0.15, 0.2) is 24.3 Å². The number of rotatable bonds is 5. The molecule has 0 aliphatic rings. The fourth-order valence-corrected chi connectivity index (χ4v) is 1.35. The fraction of sp³-hybridized carbons (Fsp3) is 0.308. The van der Waals surface area contributed by atoms with Crippen molar-refractivity contribution in [3.05, 3.63) is 29.8 Å². The Morgan fingerprint density at radius 1 is 1.15 bits per heavy atom. The Kier molecular flexibility index (Phi) is 6.02. The first kappa shape index (κ1) is 15.5. The predicted molar refractivity (Wildman–Crippen MR) is 71.4 cm³/mol. The van der Waals surface area contributed by atoms with E-state index in [0.717, 1.165) is 0 Å². The topological polar surface area (TPSA) is 93.7 Å². The molecule has 2 N–H and O–H groups in total. The van der Waals surface area contributed by atoms with Crippen LogP contribution in [0.25, 0.3) is 0 Å². The Balaban J connectivity index is 2.46. The highest BCUT2D eigenvalue weighted by molar-refractivity contribution is 5.93. The Labute approximate surface area is 116 Å². The molecule has 7 heteroatoms. The standard InChI is InChI=1S/C13H16N2O5/c1-3-20-11(16)8-14-13(18)15-10-6-4-9(5-7-10)12(17)19-2/h4-7H,3,8H2,1-2H3,(H2,14,15,18). The number of methoxy groups -OCH3 is 1. The van der Waals surface area contributed by atoms with Crippen LogP contribution in [0.5, 0.6) is 0 Å². The number of carbonyl (C=O) groups excluding carboxylic acids is 3. The molecule has 7 nitrogen and oxygen atoms in total. The molecular weight excluding hydrogens is 264 g/mol. The molecule has 2 amide bonds. The van der Waals surface area contributed by atoms with E-state index >= 15 is 0 Å². The first-order valence-corrected chi connectivity index (χ1v) is 5.95. The second-order valence-electron chi connectivity index (χ2n) is 3.68. The number of hydrogen-bond donors (Lipinski definition) is 2. The van der Waals surface area contributed by atoms with Crippen LogP contribution in [-0.4, -0.2) is 38.2 Å². The van der Waals surface area contributed by atoms with Crippen LogP contribution in [0.3, 0.4) is 0 Å². The van der Waals surface area contributed by atoms with Crippen LogP contribution >= 0.6 is 0 Å². The molecule has 1 aromatic rings. The summed E-state index contributed by atoms with van der Waals surface area (Å²) >= 11 is 0. The van der Waals surface area contributed by atoms with Gasteiger partial charge in [-0.05, 0) is 31.2 Å². The van der Waals surface area contributed by atoms with Gasteiger partial charge in [0.1, 0.15) is 6.54 Å². The lowest BCUT2D eigenvalue weighted by Crippen LogP contribution is -2.34. The SMILES string of the molecule is CCOC(=O)CNC(=O)Nc1ccc(C(=O)OC)cc1. The summed E-state index contributed by atoms with van der Waals surface area (Å²) in [6.45, 7) is 1.73.